The van der Waals surface area contributed by atoms with E-state index >= 15 is 0 Å². The van der Waals surface area contributed by atoms with Gasteiger partial charge in [0, 0.05) is 26.6 Å². The molecular formula is C39H49N4O11P. The lowest BCUT2D eigenvalue weighted by atomic mass is 10.1. The number of carboxylic acid groups (broad SMARTS) is 1. The van der Waals surface area contributed by atoms with Crippen LogP contribution in [0.2, 0.25) is 0 Å². The van der Waals surface area contributed by atoms with E-state index in [2.05, 4.69) is 16.0 Å². The summed E-state index contributed by atoms with van der Waals surface area (Å²) < 4.78 is 36.4. The Labute approximate surface area is 320 Å². The minimum absolute atomic E-state index is 0.0414. The van der Waals surface area contributed by atoms with E-state index in [-0.39, 0.29) is 45.6 Å². The number of hydrogen-bond donors (Lipinski definition) is 4. The van der Waals surface area contributed by atoms with Crippen LogP contribution in [0.4, 0.5) is 9.59 Å². The highest BCUT2D eigenvalue weighted by molar-refractivity contribution is 7.54. The number of alkyl carbamates (subject to hydrolysis) is 2. The standard InChI is InChI=1S/C39H49N4O11P/c1-28(36(45)43-24-14-22-33(43)37(46)47)54-55(50,51-2)34(25-29-15-6-3-7-16-29)42-35(44)32(41-39(49)53-27-31-19-10-5-11-20-31)21-12-13-23-40-38(48)52-26-30-17-8-4-9-18-30/h3-11,15-20,28,32-34H,12-14,21-27H2,1-2H3,(H,40,48)(H,41,49)(H,42,44)(H,46,47)/t28?,32-,33-,34-,55?/m0/s1. The van der Waals surface area contributed by atoms with Gasteiger partial charge in [-0.15, -0.1) is 0 Å². The zero-order chi connectivity index (χ0) is 39.6. The number of carboxylic acids is 1. The summed E-state index contributed by atoms with van der Waals surface area (Å²) in [6.07, 6.45) is -1.24. The number of benzene rings is 3. The quantitative estimate of drug-likeness (QED) is 0.0848. The third kappa shape index (κ3) is 13.5. The van der Waals surface area contributed by atoms with E-state index < -0.39 is 61.5 Å². The van der Waals surface area contributed by atoms with Gasteiger partial charge >= 0.3 is 25.8 Å². The van der Waals surface area contributed by atoms with Gasteiger partial charge < -0.3 is 40.0 Å². The average Bonchev–Trinajstić information content (AvgIpc) is 3.70. The molecular weight excluding hydrogens is 731 g/mol. The molecule has 4 amide bonds. The number of nitrogens with one attached hydrogen (secondary N) is 3. The number of carbonyl (C=O) groups excluding carboxylic acids is 4. The molecule has 4 N–H and O–H groups in total. The highest BCUT2D eigenvalue weighted by Gasteiger charge is 2.43. The van der Waals surface area contributed by atoms with Gasteiger partial charge in [0.1, 0.15) is 37.2 Å². The van der Waals surface area contributed by atoms with Crippen LogP contribution in [0.1, 0.15) is 55.7 Å². The maximum absolute atomic E-state index is 14.5. The third-order valence-corrected chi connectivity index (χ3v) is 11.1. The first-order chi connectivity index (χ1) is 26.5. The Morgan fingerprint density at radius 1 is 0.818 bits per heavy atom. The molecule has 1 fully saturated rings. The summed E-state index contributed by atoms with van der Waals surface area (Å²) in [5.41, 5.74) is 2.23. The number of likely N-dealkylation sites (tertiary alicyclic amines) is 1. The Hall–Kier alpha value is -5.24. The van der Waals surface area contributed by atoms with Gasteiger partial charge in [0.15, 0.2) is 0 Å². The highest BCUT2D eigenvalue weighted by atomic mass is 31.2. The first-order valence-electron chi connectivity index (χ1n) is 18.1. The summed E-state index contributed by atoms with van der Waals surface area (Å²) in [7, 11) is -3.23. The molecule has 1 aliphatic rings. The molecule has 3 aromatic carbocycles. The van der Waals surface area contributed by atoms with E-state index in [1.165, 1.54) is 11.8 Å². The molecule has 16 heteroatoms. The summed E-state index contributed by atoms with van der Waals surface area (Å²) in [6.45, 7) is 1.84. The second kappa shape index (κ2) is 21.6. The van der Waals surface area contributed by atoms with Crippen LogP contribution in [0, 0.1) is 0 Å². The van der Waals surface area contributed by atoms with Crippen molar-refractivity contribution in [3.05, 3.63) is 108 Å². The number of ether oxygens (including phenoxy) is 2. The summed E-state index contributed by atoms with van der Waals surface area (Å²) in [6, 6.07) is 24.8. The molecule has 1 aliphatic heterocycles. The molecule has 5 atom stereocenters. The van der Waals surface area contributed by atoms with Crippen molar-refractivity contribution in [3.8, 4) is 0 Å². The van der Waals surface area contributed by atoms with E-state index in [9.17, 15) is 33.6 Å². The average molecular weight is 781 g/mol. The summed E-state index contributed by atoms with van der Waals surface area (Å²) in [5, 5.41) is 17.6. The summed E-state index contributed by atoms with van der Waals surface area (Å²) in [5.74, 6) is -3.88. The molecule has 1 saturated heterocycles. The van der Waals surface area contributed by atoms with Crippen LogP contribution in [0.25, 0.3) is 0 Å². The molecule has 4 rings (SSSR count). The second-order valence-corrected chi connectivity index (χ2v) is 15.2. The number of hydrogen-bond acceptors (Lipinski definition) is 10. The highest BCUT2D eigenvalue weighted by Crippen LogP contribution is 2.53. The largest absolute Gasteiger partial charge is 0.480 e. The summed E-state index contributed by atoms with van der Waals surface area (Å²) in [4.78, 5) is 65.5. The molecule has 2 unspecified atom stereocenters. The fourth-order valence-electron chi connectivity index (χ4n) is 5.99. The molecule has 55 heavy (non-hydrogen) atoms. The van der Waals surface area contributed by atoms with Crippen molar-refractivity contribution in [1.82, 2.24) is 20.9 Å². The minimum Gasteiger partial charge on any atom is -0.480 e. The van der Waals surface area contributed by atoms with Gasteiger partial charge in [-0.25, -0.2) is 14.4 Å². The maximum atomic E-state index is 14.5. The Kier molecular flexibility index (Phi) is 16.7. The SMILES string of the molecule is COP(=O)(OC(C)C(=O)N1CCC[C@H]1C(=O)O)[C@@H](Cc1ccccc1)NC(=O)[C@H](CCCCNC(=O)OCc1ccccc1)NC(=O)OCc1ccccc1. The van der Waals surface area contributed by atoms with Crippen molar-refractivity contribution in [3.63, 3.8) is 0 Å². The van der Waals surface area contributed by atoms with Gasteiger partial charge in [0.25, 0.3) is 5.91 Å². The second-order valence-electron chi connectivity index (χ2n) is 13.0. The topological polar surface area (TPSA) is 199 Å². The van der Waals surface area contributed by atoms with Crippen LogP contribution >= 0.6 is 7.60 Å². The van der Waals surface area contributed by atoms with E-state index in [0.29, 0.717) is 24.8 Å². The van der Waals surface area contributed by atoms with Gasteiger partial charge in [-0.1, -0.05) is 91.0 Å². The minimum atomic E-state index is -4.36. The van der Waals surface area contributed by atoms with Crippen LogP contribution in [0.3, 0.4) is 0 Å². The number of nitrogens with zero attached hydrogens (tertiary/aromatic N) is 1. The first-order valence-corrected chi connectivity index (χ1v) is 19.7. The Morgan fingerprint density at radius 2 is 1.38 bits per heavy atom. The maximum Gasteiger partial charge on any atom is 0.408 e. The number of unbranched alkanes of at least 4 members (excludes halogenated alkanes) is 1. The molecule has 3 aromatic rings. The Morgan fingerprint density at radius 3 is 1.95 bits per heavy atom. The van der Waals surface area contributed by atoms with Crippen molar-refractivity contribution in [2.45, 2.75) is 82.6 Å². The fourth-order valence-corrected chi connectivity index (χ4v) is 7.73. The lowest BCUT2D eigenvalue weighted by Crippen LogP contribution is -2.51. The van der Waals surface area contributed by atoms with Gasteiger partial charge in [-0.2, -0.15) is 0 Å². The fraction of sp³-hybridized carbons (Fsp3) is 0.410. The Bertz CT molecular complexity index is 1750. The van der Waals surface area contributed by atoms with Gasteiger partial charge in [-0.05, 0) is 55.7 Å². The molecule has 0 radical (unpaired) electrons. The van der Waals surface area contributed by atoms with E-state index in [0.717, 1.165) is 18.2 Å². The van der Waals surface area contributed by atoms with Crippen molar-refractivity contribution < 1.29 is 52.2 Å². The number of amides is 4. The molecule has 15 nitrogen and oxygen atoms in total. The van der Waals surface area contributed by atoms with Gasteiger partial charge in [0.2, 0.25) is 5.91 Å². The van der Waals surface area contributed by atoms with Gasteiger partial charge in [0.05, 0.1) is 0 Å². The molecule has 0 spiro atoms. The predicted octanol–water partition coefficient (Wildman–Crippen LogP) is 5.38. The molecule has 0 aromatic heterocycles. The van der Waals surface area contributed by atoms with Crippen molar-refractivity contribution in [2.24, 2.45) is 0 Å². The monoisotopic (exact) mass is 780 g/mol. The molecule has 0 aliphatic carbocycles. The molecule has 0 bridgehead atoms. The molecule has 0 saturated carbocycles. The van der Waals surface area contributed by atoms with E-state index in [1.54, 1.807) is 54.6 Å². The van der Waals surface area contributed by atoms with Crippen LogP contribution in [0.15, 0.2) is 91.0 Å². The predicted molar refractivity (Wildman–Crippen MR) is 202 cm³/mol. The van der Waals surface area contributed by atoms with Crippen molar-refractivity contribution in [2.75, 3.05) is 20.2 Å². The van der Waals surface area contributed by atoms with Crippen LogP contribution in [-0.4, -0.2) is 84.1 Å². The van der Waals surface area contributed by atoms with Crippen molar-refractivity contribution >= 4 is 37.6 Å². The number of carbonyl (C=O) groups is 5. The number of aliphatic carboxylic acids is 1. The van der Waals surface area contributed by atoms with Crippen LogP contribution < -0.4 is 16.0 Å². The molecule has 1 heterocycles. The Balaban J connectivity index is 1.45. The smallest absolute Gasteiger partial charge is 0.408 e. The number of rotatable bonds is 20. The normalized spacial score (nSPS) is 16.5. The zero-order valence-electron chi connectivity index (χ0n) is 31.0. The van der Waals surface area contributed by atoms with E-state index in [4.69, 9.17) is 18.5 Å². The zero-order valence-corrected chi connectivity index (χ0v) is 31.9. The summed E-state index contributed by atoms with van der Waals surface area (Å²) >= 11 is 0. The van der Waals surface area contributed by atoms with Gasteiger partial charge in [-0.3, -0.25) is 18.7 Å². The third-order valence-electron chi connectivity index (χ3n) is 8.91. The lowest BCUT2D eigenvalue weighted by molar-refractivity contribution is -0.151. The van der Waals surface area contributed by atoms with Crippen molar-refractivity contribution in [1.29, 1.82) is 0 Å². The van der Waals surface area contributed by atoms with Crippen LogP contribution in [-0.2, 0) is 57.1 Å². The molecule has 296 valence electrons. The lowest BCUT2D eigenvalue weighted by Gasteiger charge is -2.31. The van der Waals surface area contributed by atoms with E-state index in [1.807, 2.05) is 36.4 Å². The first kappa shape index (κ1) is 42.5. The van der Waals surface area contributed by atoms with Crippen LogP contribution in [0.5, 0.6) is 0 Å².